The van der Waals surface area contributed by atoms with Crippen molar-refractivity contribution in [2.24, 2.45) is 5.92 Å². The summed E-state index contributed by atoms with van der Waals surface area (Å²) < 4.78 is 6.64. The molecule has 106 valence electrons. The highest BCUT2D eigenvalue weighted by molar-refractivity contribution is 9.10. The largest absolute Gasteiger partial charge is 0.466 e. The number of hydrogen-bond donors (Lipinski definition) is 1. The van der Waals surface area contributed by atoms with Crippen LogP contribution >= 0.6 is 15.9 Å². The second-order valence-corrected chi connectivity index (χ2v) is 6.43. The van der Waals surface area contributed by atoms with E-state index >= 15 is 0 Å². The Morgan fingerprint density at radius 3 is 3.15 bits per heavy atom. The van der Waals surface area contributed by atoms with Gasteiger partial charge >= 0.3 is 5.97 Å². The number of alkyl halides is 1. The molecule has 7 nitrogen and oxygen atoms in total. The Balaban J connectivity index is 1.81. The summed E-state index contributed by atoms with van der Waals surface area (Å²) in [5.41, 5.74) is 7.00. The minimum absolute atomic E-state index is 0.126. The van der Waals surface area contributed by atoms with E-state index in [0.717, 1.165) is 6.42 Å². The Kier molecular flexibility index (Phi) is 3.12. The monoisotopic (exact) mass is 339 g/mol. The number of carbonyl (C=O) groups excluding carboxylic acids is 1. The van der Waals surface area contributed by atoms with Crippen LogP contribution in [0.15, 0.2) is 12.7 Å². The van der Waals surface area contributed by atoms with Crippen LogP contribution in [0.1, 0.15) is 13.3 Å². The molecule has 2 atom stereocenters. The van der Waals surface area contributed by atoms with Crippen LogP contribution in [0.25, 0.3) is 11.2 Å². The van der Waals surface area contributed by atoms with E-state index in [1.807, 2.05) is 4.57 Å². The molecule has 20 heavy (non-hydrogen) atoms. The molecule has 1 aliphatic carbocycles. The Hall–Kier alpha value is -1.70. The van der Waals surface area contributed by atoms with E-state index < -0.39 is 0 Å². The Labute approximate surface area is 123 Å². The summed E-state index contributed by atoms with van der Waals surface area (Å²) in [6.07, 6.45) is 3.82. The van der Waals surface area contributed by atoms with Crippen molar-refractivity contribution in [1.29, 1.82) is 0 Å². The molecule has 2 aromatic heterocycles. The number of nitrogens with zero attached hydrogens (tertiary/aromatic N) is 4. The summed E-state index contributed by atoms with van der Waals surface area (Å²) in [7, 11) is 0. The molecule has 1 saturated carbocycles. The average molecular weight is 340 g/mol. The number of ether oxygens (including phenoxy) is 1. The van der Waals surface area contributed by atoms with Crippen molar-refractivity contribution >= 4 is 38.9 Å². The summed E-state index contributed by atoms with van der Waals surface area (Å²) >= 11 is 3.63. The zero-order valence-electron chi connectivity index (χ0n) is 10.9. The van der Waals surface area contributed by atoms with Crippen LogP contribution in [0, 0.1) is 5.92 Å². The lowest BCUT2D eigenvalue weighted by molar-refractivity contribution is -0.144. The number of rotatable bonds is 4. The van der Waals surface area contributed by atoms with Gasteiger partial charge in [0.15, 0.2) is 11.5 Å². The van der Waals surface area contributed by atoms with Crippen molar-refractivity contribution in [2.75, 3.05) is 12.3 Å². The Morgan fingerprint density at radius 1 is 1.60 bits per heavy atom. The third kappa shape index (κ3) is 2.13. The number of nitrogens with two attached hydrogens (primary N) is 1. The first-order chi connectivity index (χ1) is 9.55. The van der Waals surface area contributed by atoms with Crippen molar-refractivity contribution < 1.29 is 9.53 Å². The van der Waals surface area contributed by atoms with Gasteiger partial charge in [0.25, 0.3) is 0 Å². The highest BCUT2D eigenvalue weighted by atomic mass is 79.9. The van der Waals surface area contributed by atoms with Gasteiger partial charge in [0.2, 0.25) is 0 Å². The molecule has 0 spiro atoms. The number of halogens is 1. The maximum atomic E-state index is 11.7. The van der Waals surface area contributed by atoms with Crippen LogP contribution in [0.4, 0.5) is 5.82 Å². The smallest absolute Gasteiger partial charge is 0.310 e. The van der Waals surface area contributed by atoms with Gasteiger partial charge in [-0.25, -0.2) is 15.0 Å². The minimum atomic E-state index is -0.285. The van der Waals surface area contributed by atoms with Gasteiger partial charge in [-0.1, -0.05) is 15.9 Å². The second-order valence-electron chi connectivity index (χ2n) is 4.85. The van der Waals surface area contributed by atoms with Crippen LogP contribution in [0.3, 0.4) is 0 Å². The van der Waals surface area contributed by atoms with Gasteiger partial charge in [0.1, 0.15) is 11.8 Å². The van der Waals surface area contributed by atoms with Gasteiger partial charge in [-0.3, -0.25) is 4.79 Å². The third-order valence-electron chi connectivity index (χ3n) is 3.44. The summed E-state index contributed by atoms with van der Waals surface area (Å²) in [6.45, 7) is 2.79. The number of aromatic nitrogens is 4. The van der Waals surface area contributed by atoms with Crippen molar-refractivity contribution in [3.8, 4) is 0 Å². The number of fused-ring (bicyclic) bond motifs is 1. The zero-order chi connectivity index (χ0) is 14.3. The number of carbonyl (C=O) groups is 1. The zero-order valence-corrected chi connectivity index (χ0v) is 12.5. The Bertz CT molecular complexity index is 673. The molecule has 8 heteroatoms. The molecular formula is C12H14BrN5O2. The fourth-order valence-corrected chi connectivity index (χ4v) is 3.07. The fraction of sp³-hybridized carbons (Fsp3) is 0.500. The van der Waals surface area contributed by atoms with Crippen molar-refractivity contribution in [3.05, 3.63) is 12.7 Å². The van der Waals surface area contributed by atoms with E-state index in [2.05, 4.69) is 30.9 Å². The molecule has 0 saturated heterocycles. The quantitative estimate of drug-likeness (QED) is 0.662. The third-order valence-corrected chi connectivity index (χ3v) is 4.57. The molecule has 1 aliphatic rings. The van der Waals surface area contributed by atoms with Gasteiger partial charge in [-0.15, -0.1) is 0 Å². The van der Waals surface area contributed by atoms with Crippen LogP contribution in [-0.4, -0.2) is 36.4 Å². The van der Waals surface area contributed by atoms with Gasteiger partial charge in [0, 0.05) is 6.54 Å². The first-order valence-corrected chi connectivity index (χ1v) is 7.11. The lowest BCUT2D eigenvalue weighted by atomic mass is 10.3. The van der Waals surface area contributed by atoms with Crippen LogP contribution in [0.5, 0.6) is 0 Å². The van der Waals surface area contributed by atoms with E-state index in [9.17, 15) is 4.79 Å². The molecule has 0 radical (unpaired) electrons. The normalized spacial score (nSPS) is 24.8. The molecule has 2 N–H and O–H groups in total. The topological polar surface area (TPSA) is 95.9 Å². The van der Waals surface area contributed by atoms with E-state index in [4.69, 9.17) is 10.5 Å². The van der Waals surface area contributed by atoms with Gasteiger partial charge in [-0.05, 0) is 13.3 Å². The summed E-state index contributed by atoms with van der Waals surface area (Å²) in [5, 5.41) is 0. The molecule has 0 aliphatic heterocycles. The van der Waals surface area contributed by atoms with Gasteiger partial charge < -0.3 is 15.0 Å². The number of hydrogen-bond acceptors (Lipinski definition) is 6. The number of anilines is 1. The molecule has 0 unspecified atom stereocenters. The number of imidazole rings is 1. The predicted molar refractivity (Wildman–Crippen MR) is 76.1 cm³/mol. The van der Waals surface area contributed by atoms with E-state index in [0.29, 0.717) is 30.1 Å². The SMILES string of the molecule is CCOC(=O)[C@H]1C[C@@]1(Br)Cn1cnc2c(N)ncnc21. The maximum absolute atomic E-state index is 11.7. The number of esters is 1. The predicted octanol–water partition coefficient (Wildman–Crippen LogP) is 1.13. The minimum Gasteiger partial charge on any atom is -0.466 e. The first kappa shape index (κ1) is 13.3. The molecule has 3 rings (SSSR count). The van der Waals surface area contributed by atoms with Crippen LogP contribution in [-0.2, 0) is 16.1 Å². The second kappa shape index (κ2) is 4.69. The van der Waals surface area contributed by atoms with Crippen molar-refractivity contribution in [2.45, 2.75) is 24.2 Å². The maximum Gasteiger partial charge on any atom is 0.310 e. The molecule has 0 bridgehead atoms. The average Bonchev–Trinajstić information content (AvgIpc) is 2.90. The summed E-state index contributed by atoms with van der Waals surface area (Å²) in [5.74, 6) is 0.0668. The van der Waals surface area contributed by atoms with E-state index in [1.54, 1.807) is 13.3 Å². The molecule has 2 heterocycles. The standard InChI is InChI=1S/C12H14BrN5O2/c1-2-20-11(19)7-3-12(7,13)4-18-6-17-8-9(14)15-5-16-10(8)18/h5-7H,2-4H2,1H3,(H2,14,15,16)/t7-,12-/m1/s1. The highest BCUT2D eigenvalue weighted by Gasteiger charge is 2.58. The van der Waals surface area contributed by atoms with Gasteiger partial charge in [0.05, 0.1) is 23.2 Å². The first-order valence-electron chi connectivity index (χ1n) is 6.32. The highest BCUT2D eigenvalue weighted by Crippen LogP contribution is 2.53. The summed E-state index contributed by atoms with van der Waals surface area (Å²) in [6, 6.07) is 0. The fourth-order valence-electron chi connectivity index (χ4n) is 2.29. The van der Waals surface area contributed by atoms with Crippen molar-refractivity contribution in [1.82, 2.24) is 19.5 Å². The molecule has 1 fully saturated rings. The molecule has 2 aromatic rings. The van der Waals surface area contributed by atoms with Crippen molar-refractivity contribution in [3.63, 3.8) is 0 Å². The Morgan fingerprint density at radius 2 is 2.40 bits per heavy atom. The van der Waals surface area contributed by atoms with E-state index in [-0.39, 0.29) is 16.2 Å². The lowest BCUT2D eigenvalue weighted by Gasteiger charge is -2.10. The van der Waals surface area contributed by atoms with E-state index in [1.165, 1.54) is 6.33 Å². The van der Waals surface area contributed by atoms with Crippen LogP contribution in [0.2, 0.25) is 0 Å². The molecule has 0 amide bonds. The number of nitrogen functional groups attached to an aromatic ring is 1. The van der Waals surface area contributed by atoms with Gasteiger partial charge in [-0.2, -0.15) is 0 Å². The molecule has 0 aromatic carbocycles. The summed E-state index contributed by atoms with van der Waals surface area (Å²) in [4.78, 5) is 24.1. The van der Waals surface area contributed by atoms with Crippen LogP contribution < -0.4 is 5.73 Å². The lowest BCUT2D eigenvalue weighted by Crippen LogP contribution is -2.19. The molecular weight excluding hydrogens is 326 g/mol.